The van der Waals surface area contributed by atoms with E-state index in [2.05, 4.69) is 24.9 Å². The molecule has 1 aromatic heterocycles. The summed E-state index contributed by atoms with van der Waals surface area (Å²) in [5.41, 5.74) is 1.89. The molecular weight excluding hydrogens is 208 g/mol. The van der Waals surface area contributed by atoms with Crippen molar-refractivity contribution in [2.75, 3.05) is 0 Å². The summed E-state index contributed by atoms with van der Waals surface area (Å²) < 4.78 is 1.96. The number of hydrogen-bond acceptors (Lipinski definition) is 2. The first-order chi connectivity index (χ1) is 7.22. The predicted octanol–water partition coefficient (Wildman–Crippen LogP) is 2.17. The van der Waals surface area contributed by atoms with Gasteiger partial charge in [-0.25, -0.2) is 0 Å². The van der Waals surface area contributed by atoms with Crippen LogP contribution in [0.4, 0.5) is 0 Å². The van der Waals surface area contributed by atoms with Crippen molar-refractivity contribution in [3.05, 3.63) is 34.6 Å². The van der Waals surface area contributed by atoms with Crippen molar-refractivity contribution < 1.29 is 4.79 Å². The zero-order valence-corrected chi connectivity index (χ0v) is 9.55. The monoisotopic (exact) mass is 222 g/mol. The number of nitrogens with one attached hydrogen (secondary N) is 1. The number of rotatable bonds is 2. The zero-order valence-electron chi connectivity index (χ0n) is 8.66. The summed E-state index contributed by atoms with van der Waals surface area (Å²) in [6, 6.07) is 3.72. The van der Waals surface area contributed by atoms with Gasteiger partial charge in [0.15, 0.2) is 0 Å². The highest BCUT2D eigenvalue weighted by atomic mass is 32.1. The van der Waals surface area contributed by atoms with Crippen molar-refractivity contribution in [3.63, 3.8) is 0 Å². The second kappa shape index (κ2) is 4.14. The molecule has 0 spiro atoms. The first-order valence-electron chi connectivity index (χ1n) is 5.10. The third kappa shape index (κ3) is 1.95. The maximum absolute atomic E-state index is 11.7. The minimum atomic E-state index is -0.0731. The normalized spacial score (nSPS) is 16.0. The summed E-state index contributed by atoms with van der Waals surface area (Å²) in [6.45, 7) is 2.88. The molecule has 1 aliphatic rings. The van der Waals surface area contributed by atoms with E-state index in [-0.39, 0.29) is 5.91 Å². The number of carbonyl (C=O) groups is 1. The summed E-state index contributed by atoms with van der Waals surface area (Å²) in [5.74, 6) is -0.0731. The van der Waals surface area contributed by atoms with E-state index in [1.54, 1.807) is 0 Å². The van der Waals surface area contributed by atoms with Crippen molar-refractivity contribution in [2.24, 2.45) is 0 Å². The second-order valence-corrected chi connectivity index (χ2v) is 4.12. The molecule has 0 radical (unpaired) electrons. The number of nitrogens with zero attached hydrogens (tertiary/aromatic N) is 1. The SMILES string of the molecule is CCCC1=C(S)NC(=O)c2cccn2C1. The number of thiol groups is 1. The minimum absolute atomic E-state index is 0.0731. The van der Waals surface area contributed by atoms with Gasteiger partial charge >= 0.3 is 0 Å². The second-order valence-electron chi connectivity index (χ2n) is 3.68. The summed E-state index contributed by atoms with van der Waals surface area (Å²) in [6.07, 6.45) is 3.96. The summed E-state index contributed by atoms with van der Waals surface area (Å²) >= 11 is 4.33. The van der Waals surface area contributed by atoms with Gasteiger partial charge in [-0.05, 0) is 24.1 Å². The largest absolute Gasteiger partial charge is 0.339 e. The van der Waals surface area contributed by atoms with Crippen LogP contribution in [0.3, 0.4) is 0 Å². The van der Waals surface area contributed by atoms with Crippen molar-refractivity contribution in [3.8, 4) is 0 Å². The topological polar surface area (TPSA) is 34.0 Å². The average Bonchev–Trinajstić information content (AvgIpc) is 2.61. The van der Waals surface area contributed by atoms with Gasteiger partial charge in [-0.3, -0.25) is 4.79 Å². The Balaban J connectivity index is 2.37. The lowest BCUT2D eigenvalue weighted by Gasteiger charge is -2.07. The molecule has 0 aliphatic carbocycles. The zero-order chi connectivity index (χ0) is 10.8. The molecule has 0 aromatic carbocycles. The highest BCUT2D eigenvalue weighted by molar-refractivity contribution is 7.84. The molecule has 0 saturated carbocycles. The van der Waals surface area contributed by atoms with E-state index in [4.69, 9.17) is 0 Å². The van der Waals surface area contributed by atoms with Crippen LogP contribution < -0.4 is 5.32 Å². The van der Waals surface area contributed by atoms with Crippen LogP contribution in [0.5, 0.6) is 0 Å². The van der Waals surface area contributed by atoms with E-state index in [9.17, 15) is 4.79 Å². The molecule has 1 N–H and O–H groups in total. The van der Waals surface area contributed by atoms with Crippen molar-refractivity contribution in [2.45, 2.75) is 26.3 Å². The Morgan fingerprint density at radius 2 is 2.40 bits per heavy atom. The molecule has 80 valence electrons. The molecular formula is C11H14N2OS. The molecule has 3 nitrogen and oxygen atoms in total. The van der Waals surface area contributed by atoms with Crippen molar-refractivity contribution in [1.29, 1.82) is 0 Å². The fourth-order valence-electron chi connectivity index (χ4n) is 1.80. The molecule has 1 aromatic rings. The molecule has 0 saturated heterocycles. The number of aromatic nitrogens is 1. The molecule has 1 amide bonds. The fourth-order valence-corrected chi connectivity index (χ4v) is 2.08. The summed E-state index contributed by atoms with van der Waals surface area (Å²) in [4.78, 5) is 11.7. The molecule has 0 fully saturated rings. The fraction of sp³-hybridized carbons (Fsp3) is 0.364. The molecule has 0 bridgehead atoms. The quantitative estimate of drug-likeness (QED) is 0.739. The van der Waals surface area contributed by atoms with Crippen molar-refractivity contribution >= 4 is 18.5 Å². The highest BCUT2D eigenvalue weighted by Crippen LogP contribution is 2.20. The van der Waals surface area contributed by atoms with Crippen LogP contribution in [-0.4, -0.2) is 10.5 Å². The number of amides is 1. The van der Waals surface area contributed by atoms with Crippen LogP contribution in [0.1, 0.15) is 30.3 Å². The van der Waals surface area contributed by atoms with Gasteiger partial charge in [0.2, 0.25) is 0 Å². The van der Waals surface area contributed by atoms with Gasteiger partial charge in [0.1, 0.15) is 5.69 Å². The van der Waals surface area contributed by atoms with Gasteiger partial charge in [0.05, 0.1) is 5.03 Å². The minimum Gasteiger partial charge on any atom is -0.339 e. The predicted molar refractivity (Wildman–Crippen MR) is 62.8 cm³/mol. The molecule has 0 atom stereocenters. The Kier molecular flexibility index (Phi) is 2.86. The van der Waals surface area contributed by atoms with Gasteiger partial charge in [-0.2, -0.15) is 0 Å². The molecule has 2 heterocycles. The van der Waals surface area contributed by atoms with Crippen molar-refractivity contribution in [1.82, 2.24) is 9.88 Å². The van der Waals surface area contributed by atoms with E-state index in [0.717, 1.165) is 19.4 Å². The van der Waals surface area contributed by atoms with E-state index in [1.165, 1.54) is 5.57 Å². The van der Waals surface area contributed by atoms with Gasteiger partial charge in [0, 0.05) is 12.7 Å². The molecule has 15 heavy (non-hydrogen) atoms. The van der Waals surface area contributed by atoms with Crippen LogP contribution in [-0.2, 0) is 6.54 Å². The molecule has 4 heteroatoms. The van der Waals surface area contributed by atoms with E-state index in [1.807, 2.05) is 22.9 Å². The Labute approximate surface area is 94.6 Å². The third-order valence-electron chi connectivity index (χ3n) is 2.54. The first-order valence-corrected chi connectivity index (χ1v) is 5.54. The standard InChI is InChI=1S/C11H14N2OS/c1-2-4-8-7-13-6-3-5-9(13)10(14)12-11(8)15/h3,5-6,15H,2,4,7H2,1H3,(H,12,14). The molecule has 2 rings (SSSR count). The van der Waals surface area contributed by atoms with E-state index < -0.39 is 0 Å². The van der Waals surface area contributed by atoms with Crippen LogP contribution in [0.15, 0.2) is 28.9 Å². The number of hydrogen-bond donors (Lipinski definition) is 2. The highest BCUT2D eigenvalue weighted by Gasteiger charge is 2.18. The summed E-state index contributed by atoms with van der Waals surface area (Å²) in [5, 5.41) is 3.52. The Morgan fingerprint density at radius 3 is 3.13 bits per heavy atom. The Bertz CT molecular complexity index is 420. The van der Waals surface area contributed by atoms with Gasteiger partial charge in [-0.15, -0.1) is 12.6 Å². The van der Waals surface area contributed by atoms with Gasteiger partial charge in [-0.1, -0.05) is 13.3 Å². The Morgan fingerprint density at radius 1 is 1.60 bits per heavy atom. The van der Waals surface area contributed by atoms with Crippen LogP contribution >= 0.6 is 12.6 Å². The van der Waals surface area contributed by atoms with E-state index in [0.29, 0.717) is 10.7 Å². The van der Waals surface area contributed by atoms with E-state index >= 15 is 0 Å². The van der Waals surface area contributed by atoms with Crippen LogP contribution in [0.25, 0.3) is 0 Å². The van der Waals surface area contributed by atoms with Gasteiger partial charge < -0.3 is 9.88 Å². The smallest absolute Gasteiger partial charge is 0.272 e. The third-order valence-corrected chi connectivity index (χ3v) is 2.97. The lowest BCUT2D eigenvalue weighted by atomic mass is 10.1. The van der Waals surface area contributed by atoms with Gasteiger partial charge in [0.25, 0.3) is 5.91 Å². The lowest BCUT2D eigenvalue weighted by molar-refractivity contribution is 0.0962. The maximum Gasteiger partial charge on any atom is 0.272 e. The lowest BCUT2D eigenvalue weighted by Crippen LogP contribution is -2.20. The number of carbonyl (C=O) groups excluding carboxylic acids is 1. The number of allylic oxidation sites excluding steroid dienone is 1. The molecule has 1 aliphatic heterocycles. The first kappa shape index (κ1) is 10.4. The average molecular weight is 222 g/mol. The van der Waals surface area contributed by atoms with Crippen LogP contribution in [0.2, 0.25) is 0 Å². The maximum atomic E-state index is 11.7. The molecule has 0 unspecified atom stereocenters. The summed E-state index contributed by atoms with van der Waals surface area (Å²) in [7, 11) is 0. The Hall–Kier alpha value is -1.16. The van der Waals surface area contributed by atoms with Crippen LogP contribution in [0, 0.1) is 0 Å². The number of fused-ring (bicyclic) bond motifs is 1.